The first kappa shape index (κ1) is 27.1. The van der Waals surface area contributed by atoms with Crippen LogP contribution in [0.2, 0.25) is 0 Å². The van der Waals surface area contributed by atoms with Crippen LogP contribution in [0.5, 0.6) is 0 Å². The summed E-state index contributed by atoms with van der Waals surface area (Å²) in [4.78, 5) is 33.5. The fourth-order valence-corrected chi connectivity index (χ4v) is 4.99. The first-order valence-corrected chi connectivity index (χ1v) is 11.3. The average molecular weight is 493 g/mol. The molecule has 180 valence electrons. The van der Waals surface area contributed by atoms with Crippen molar-refractivity contribution in [2.24, 2.45) is 5.41 Å². The lowest BCUT2D eigenvalue weighted by Crippen LogP contribution is -2.45. The molecular formula is C25H34Cl2N4O2. The fraction of sp³-hybridized carbons (Fsp3) is 0.480. The van der Waals surface area contributed by atoms with Gasteiger partial charge in [0.1, 0.15) is 0 Å². The van der Waals surface area contributed by atoms with Crippen LogP contribution in [-0.2, 0) is 16.1 Å². The normalized spacial score (nSPS) is 18.3. The van der Waals surface area contributed by atoms with Gasteiger partial charge in [-0.3, -0.25) is 14.6 Å². The molecule has 8 heteroatoms. The number of likely N-dealkylation sites (tertiary alicyclic amines) is 2. The van der Waals surface area contributed by atoms with E-state index < -0.39 is 0 Å². The van der Waals surface area contributed by atoms with E-state index in [0.29, 0.717) is 12.5 Å². The van der Waals surface area contributed by atoms with E-state index in [1.54, 1.807) is 13.1 Å². The molecule has 6 nitrogen and oxygen atoms in total. The average Bonchev–Trinajstić information content (AvgIpc) is 3.08. The Morgan fingerprint density at radius 1 is 1.06 bits per heavy atom. The summed E-state index contributed by atoms with van der Waals surface area (Å²) in [6.45, 7) is 5.87. The molecule has 2 aromatic rings. The highest BCUT2D eigenvalue weighted by Gasteiger charge is 2.47. The highest BCUT2D eigenvalue weighted by atomic mass is 35.5. The molecule has 2 aliphatic heterocycles. The van der Waals surface area contributed by atoms with Gasteiger partial charge in [0.2, 0.25) is 11.8 Å². The van der Waals surface area contributed by atoms with E-state index in [1.807, 2.05) is 41.4 Å². The highest BCUT2D eigenvalue weighted by molar-refractivity contribution is 5.86. The van der Waals surface area contributed by atoms with Gasteiger partial charge in [0, 0.05) is 39.0 Å². The molecule has 2 amide bonds. The smallest absolute Gasteiger partial charge is 0.229 e. The van der Waals surface area contributed by atoms with Gasteiger partial charge in [0.15, 0.2) is 0 Å². The number of nitrogens with zero attached hydrogens (tertiary/aromatic N) is 3. The van der Waals surface area contributed by atoms with Gasteiger partial charge in [0.05, 0.1) is 11.5 Å². The Kier molecular flexibility index (Phi) is 10.1. The second-order valence-electron chi connectivity index (χ2n) is 8.91. The Morgan fingerprint density at radius 2 is 1.76 bits per heavy atom. The molecule has 0 radical (unpaired) electrons. The number of rotatable bonds is 7. The molecule has 0 aliphatic carbocycles. The molecular weight excluding hydrogens is 459 g/mol. The van der Waals surface area contributed by atoms with E-state index in [0.717, 1.165) is 63.0 Å². The number of hydrogen-bond donors (Lipinski definition) is 1. The van der Waals surface area contributed by atoms with Gasteiger partial charge in [-0.1, -0.05) is 36.4 Å². The van der Waals surface area contributed by atoms with E-state index in [4.69, 9.17) is 0 Å². The highest BCUT2D eigenvalue weighted by Crippen LogP contribution is 2.42. The predicted octanol–water partition coefficient (Wildman–Crippen LogP) is 4.01. The first-order valence-electron chi connectivity index (χ1n) is 11.3. The quantitative estimate of drug-likeness (QED) is 0.633. The fourth-order valence-electron chi connectivity index (χ4n) is 4.99. The van der Waals surface area contributed by atoms with Crippen molar-refractivity contribution in [1.82, 2.24) is 20.1 Å². The lowest BCUT2D eigenvalue weighted by atomic mass is 9.77. The minimum atomic E-state index is -0.185. The number of amides is 2. The maximum Gasteiger partial charge on any atom is 0.229 e. The van der Waals surface area contributed by atoms with Crippen molar-refractivity contribution < 1.29 is 9.59 Å². The summed E-state index contributed by atoms with van der Waals surface area (Å²) in [6, 6.07) is 14.1. The molecule has 0 saturated carbocycles. The number of carbonyl (C=O) groups is 2. The molecule has 2 aliphatic rings. The third-order valence-electron chi connectivity index (χ3n) is 6.82. The number of nitrogens with one attached hydrogen (secondary N) is 1. The van der Waals surface area contributed by atoms with Crippen LogP contribution in [0.3, 0.4) is 0 Å². The molecule has 0 bridgehead atoms. The van der Waals surface area contributed by atoms with Crippen molar-refractivity contribution in [3.63, 3.8) is 0 Å². The van der Waals surface area contributed by atoms with Crippen LogP contribution in [0.4, 0.5) is 0 Å². The van der Waals surface area contributed by atoms with Crippen LogP contribution < -0.4 is 5.32 Å². The summed E-state index contributed by atoms with van der Waals surface area (Å²) in [6.07, 6.45) is 7.28. The number of pyridine rings is 1. The molecule has 1 unspecified atom stereocenters. The van der Waals surface area contributed by atoms with E-state index in [9.17, 15) is 9.59 Å². The summed E-state index contributed by atoms with van der Waals surface area (Å²) in [7, 11) is 0. The predicted molar refractivity (Wildman–Crippen MR) is 134 cm³/mol. The lowest BCUT2D eigenvalue weighted by molar-refractivity contribution is -0.139. The van der Waals surface area contributed by atoms with E-state index in [1.165, 1.54) is 0 Å². The molecule has 4 rings (SSSR count). The summed E-state index contributed by atoms with van der Waals surface area (Å²) in [5.74, 6) is 0.313. The first-order chi connectivity index (χ1) is 15.1. The summed E-state index contributed by atoms with van der Waals surface area (Å²) < 4.78 is 0. The second-order valence-corrected chi connectivity index (χ2v) is 8.91. The largest absolute Gasteiger partial charge is 0.349 e. The standard InChI is InChI=1S/C25H32N4O2.2ClH/c1-20(30)27-23(22-7-3-2-4-8-22)9-14-28-15-10-25(11-16-28)12-17-29(24(25)31)19-21-6-5-13-26-18-21;;/h2-8,13,18,23H,9-12,14-17,19H2,1H3,(H,27,30);2*1H. The molecule has 1 aromatic carbocycles. The number of hydrogen-bond acceptors (Lipinski definition) is 4. The van der Waals surface area contributed by atoms with Crippen molar-refractivity contribution >= 4 is 36.6 Å². The van der Waals surface area contributed by atoms with Crippen molar-refractivity contribution in [2.45, 2.75) is 45.2 Å². The van der Waals surface area contributed by atoms with E-state index in [-0.39, 0.29) is 42.2 Å². The lowest BCUT2D eigenvalue weighted by Gasteiger charge is -2.38. The van der Waals surface area contributed by atoms with E-state index >= 15 is 0 Å². The zero-order valence-corrected chi connectivity index (χ0v) is 20.7. The summed E-state index contributed by atoms with van der Waals surface area (Å²) >= 11 is 0. The van der Waals surface area contributed by atoms with Crippen LogP contribution in [0, 0.1) is 5.41 Å². The van der Waals surface area contributed by atoms with Crippen LogP contribution >= 0.6 is 24.8 Å². The van der Waals surface area contributed by atoms with Gasteiger partial charge >= 0.3 is 0 Å². The van der Waals surface area contributed by atoms with Crippen molar-refractivity contribution in [1.29, 1.82) is 0 Å². The topological polar surface area (TPSA) is 65.5 Å². The third-order valence-corrected chi connectivity index (χ3v) is 6.82. The minimum absolute atomic E-state index is 0. The molecule has 2 saturated heterocycles. The van der Waals surface area contributed by atoms with Gasteiger partial charge in [-0.05, 0) is 56.0 Å². The van der Waals surface area contributed by atoms with Gasteiger partial charge in [-0.25, -0.2) is 0 Å². The summed E-state index contributed by atoms with van der Waals surface area (Å²) in [5, 5.41) is 3.09. The SMILES string of the molecule is CC(=O)NC(CCN1CCC2(CC1)CCN(Cc1cccnc1)C2=O)c1ccccc1.Cl.Cl. The Bertz CT molecular complexity index is 890. The second kappa shape index (κ2) is 12.4. The van der Waals surface area contributed by atoms with Gasteiger partial charge in [0.25, 0.3) is 0 Å². The Labute approximate surface area is 209 Å². The number of piperidine rings is 1. The van der Waals surface area contributed by atoms with Crippen molar-refractivity contribution in [3.8, 4) is 0 Å². The van der Waals surface area contributed by atoms with Crippen LogP contribution in [0.1, 0.15) is 49.8 Å². The number of carbonyl (C=O) groups excluding carboxylic acids is 2. The zero-order chi connectivity index (χ0) is 21.7. The molecule has 1 atom stereocenters. The van der Waals surface area contributed by atoms with Crippen LogP contribution in [-0.4, -0.2) is 52.8 Å². The Balaban J connectivity index is 0.00000193. The number of aromatic nitrogens is 1. The maximum atomic E-state index is 13.2. The molecule has 1 spiro atoms. The van der Waals surface area contributed by atoms with Crippen molar-refractivity contribution in [3.05, 3.63) is 66.0 Å². The van der Waals surface area contributed by atoms with Gasteiger partial charge in [-0.15, -0.1) is 24.8 Å². The van der Waals surface area contributed by atoms with Gasteiger partial charge in [-0.2, -0.15) is 0 Å². The van der Waals surface area contributed by atoms with E-state index in [2.05, 4.69) is 27.3 Å². The zero-order valence-electron chi connectivity index (χ0n) is 19.1. The molecule has 3 heterocycles. The van der Waals surface area contributed by atoms with Crippen LogP contribution in [0.15, 0.2) is 54.9 Å². The molecule has 2 fully saturated rings. The molecule has 33 heavy (non-hydrogen) atoms. The van der Waals surface area contributed by atoms with Gasteiger partial charge < -0.3 is 15.1 Å². The van der Waals surface area contributed by atoms with Crippen molar-refractivity contribution in [2.75, 3.05) is 26.2 Å². The summed E-state index contributed by atoms with van der Waals surface area (Å²) in [5.41, 5.74) is 2.05. The maximum absolute atomic E-state index is 13.2. The number of benzene rings is 1. The monoisotopic (exact) mass is 492 g/mol. The van der Waals surface area contributed by atoms with Crippen LogP contribution in [0.25, 0.3) is 0 Å². The third kappa shape index (κ3) is 6.69. The number of halogens is 2. The minimum Gasteiger partial charge on any atom is -0.349 e. The Hall–Kier alpha value is -2.15. The Morgan fingerprint density at radius 3 is 2.39 bits per heavy atom. The molecule has 1 aromatic heterocycles. The molecule has 1 N–H and O–H groups in total.